The molecule has 0 radical (unpaired) electrons. The summed E-state index contributed by atoms with van der Waals surface area (Å²) >= 11 is 0. The van der Waals surface area contributed by atoms with Crippen molar-refractivity contribution in [1.82, 2.24) is 19.6 Å². The van der Waals surface area contributed by atoms with E-state index in [2.05, 4.69) is 16.9 Å². The highest BCUT2D eigenvalue weighted by atomic mass is 16.3. The number of hydrogen-bond donors (Lipinski definition) is 1. The lowest BCUT2D eigenvalue weighted by molar-refractivity contribution is 0.0691. The van der Waals surface area contributed by atoms with Crippen molar-refractivity contribution in [2.45, 2.75) is 45.7 Å². The molecule has 1 aliphatic rings. The molecule has 1 aliphatic heterocycles. The molecule has 1 aromatic carbocycles. The summed E-state index contributed by atoms with van der Waals surface area (Å²) in [4.78, 5) is 17.8. The SMILES string of the molecule is CCc1nn(C)cc1C(=O)N(Cc1ccc(O)cc1)CC1CCCN1CC. The molecule has 2 heterocycles. The van der Waals surface area contributed by atoms with E-state index in [4.69, 9.17) is 0 Å². The van der Waals surface area contributed by atoms with E-state index in [0.29, 0.717) is 24.7 Å². The molecule has 1 unspecified atom stereocenters. The highest BCUT2D eigenvalue weighted by Crippen LogP contribution is 2.21. The number of likely N-dealkylation sites (N-methyl/N-ethyl adjacent to an activating group) is 1. The first-order valence-electron chi connectivity index (χ1n) is 9.85. The van der Waals surface area contributed by atoms with Crippen molar-refractivity contribution in [3.8, 4) is 5.75 Å². The second-order valence-electron chi connectivity index (χ2n) is 7.29. The molecule has 0 aliphatic carbocycles. The van der Waals surface area contributed by atoms with Gasteiger partial charge in [0.15, 0.2) is 0 Å². The predicted octanol–water partition coefficient (Wildman–Crippen LogP) is 2.81. The van der Waals surface area contributed by atoms with Crippen LogP contribution in [0.4, 0.5) is 0 Å². The van der Waals surface area contributed by atoms with E-state index >= 15 is 0 Å². The van der Waals surface area contributed by atoms with Crippen LogP contribution in [0.15, 0.2) is 30.5 Å². The normalized spacial score (nSPS) is 17.4. The number of hydrogen-bond acceptors (Lipinski definition) is 4. The monoisotopic (exact) mass is 370 g/mol. The van der Waals surface area contributed by atoms with Gasteiger partial charge < -0.3 is 10.0 Å². The number of benzene rings is 1. The number of carbonyl (C=O) groups excluding carboxylic acids is 1. The number of amides is 1. The van der Waals surface area contributed by atoms with Gasteiger partial charge in [0.2, 0.25) is 0 Å². The van der Waals surface area contributed by atoms with Gasteiger partial charge in [-0.25, -0.2) is 0 Å². The minimum atomic E-state index is 0.0379. The van der Waals surface area contributed by atoms with Gasteiger partial charge in [-0.3, -0.25) is 14.4 Å². The smallest absolute Gasteiger partial charge is 0.257 e. The third kappa shape index (κ3) is 4.50. The Bertz CT molecular complexity index is 769. The highest BCUT2D eigenvalue weighted by Gasteiger charge is 2.29. The molecular formula is C21H30N4O2. The molecule has 6 heteroatoms. The summed E-state index contributed by atoms with van der Waals surface area (Å²) in [6.45, 7) is 7.57. The van der Waals surface area contributed by atoms with Crippen molar-refractivity contribution in [3.05, 3.63) is 47.3 Å². The van der Waals surface area contributed by atoms with Crippen molar-refractivity contribution >= 4 is 5.91 Å². The Morgan fingerprint density at radius 3 is 2.70 bits per heavy atom. The van der Waals surface area contributed by atoms with Crippen LogP contribution in [0.3, 0.4) is 0 Å². The average molecular weight is 370 g/mol. The molecule has 0 bridgehead atoms. The molecular weight excluding hydrogens is 340 g/mol. The Morgan fingerprint density at radius 1 is 1.30 bits per heavy atom. The predicted molar refractivity (Wildman–Crippen MR) is 106 cm³/mol. The van der Waals surface area contributed by atoms with Gasteiger partial charge in [0.05, 0.1) is 11.3 Å². The first-order chi connectivity index (χ1) is 13.0. The lowest BCUT2D eigenvalue weighted by atomic mass is 10.1. The zero-order valence-electron chi connectivity index (χ0n) is 16.6. The van der Waals surface area contributed by atoms with Gasteiger partial charge in [-0.15, -0.1) is 0 Å². The molecule has 6 nitrogen and oxygen atoms in total. The van der Waals surface area contributed by atoms with E-state index in [1.54, 1.807) is 16.8 Å². The molecule has 146 valence electrons. The number of phenols is 1. The Labute approximate surface area is 161 Å². The molecule has 2 aromatic rings. The largest absolute Gasteiger partial charge is 0.508 e. The second kappa shape index (κ2) is 8.57. The maximum absolute atomic E-state index is 13.4. The Kier molecular flexibility index (Phi) is 6.16. The quantitative estimate of drug-likeness (QED) is 0.814. The van der Waals surface area contributed by atoms with Crippen LogP contribution < -0.4 is 0 Å². The van der Waals surface area contributed by atoms with Crippen LogP contribution in [-0.4, -0.2) is 56.3 Å². The summed E-state index contributed by atoms with van der Waals surface area (Å²) in [5, 5.41) is 14.0. The van der Waals surface area contributed by atoms with E-state index in [-0.39, 0.29) is 11.7 Å². The minimum Gasteiger partial charge on any atom is -0.508 e. The van der Waals surface area contributed by atoms with Crippen molar-refractivity contribution in [3.63, 3.8) is 0 Å². The lowest BCUT2D eigenvalue weighted by Crippen LogP contribution is -2.42. The van der Waals surface area contributed by atoms with Crippen molar-refractivity contribution in [1.29, 1.82) is 0 Å². The van der Waals surface area contributed by atoms with Gasteiger partial charge in [0, 0.05) is 32.4 Å². The number of likely N-dealkylation sites (tertiary alicyclic amines) is 1. The Morgan fingerprint density at radius 2 is 2.04 bits per heavy atom. The molecule has 1 saturated heterocycles. The lowest BCUT2D eigenvalue weighted by Gasteiger charge is -2.30. The third-order valence-electron chi connectivity index (χ3n) is 5.40. The molecule has 1 N–H and O–H groups in total. The minimum absolute atomic E-state index is 0.0379. The fourth-order valence-electron chi connectivity index (χ4n) is 3.96. The number of phenolic OH excluding ortho intramolecular Hbond substituents is 1. The van der Waals surface area contributed by atoms with Crippen LogP contribution in [0.2, 0.25) is 0 Å². The summed E-state index contributed by atoms with van der Waals surface area (Å²) in [7, 11) is 1.86. The van der Waals surface area contributed by atoms with Crippen molar-refractivity contribution in [2.75, 3.05) is 19.6 Å². The summed E-state index contributed by atoms with van der Waals surface area (Å²) in [6.07, 6.45) is 4.88. The first-order valence-corrected chi connectivity index (χ1v) is 9.85. The maximum Gasteiger partial charge on any atom is 0.257 e. The van der Waals surface area contributed by atoms with Gasteiger partial charge in [-0.2, -0.15) is 5.10 Å². The van der Waals surface area contributed by atoms with Crippen LogP contribution in [0.1, 0.15) is 48.3 Å². The summed E-state index contributed by atoms with van der Waals surface area (Å²) < 4.78 is 1.72. The third-order valence-corrected chi connectivity index (χ3v) is 5.40. The molecule has 1 aromatic heterocycles. The number of aromatic nitrogens is 2. The molecule has 0 saturated carbocycles. The standard InChI is InChI=1S/C21H30N4O2/c1-4-20-19(15-23(3)22-20)21(27)25(13-16-8-10-18(26)11-9-16)14-17-7-6-12-24(17)5-2/h8-11,15,17,26H,4-7,12-14H2,1-3H3. The van der Waals surface area contributed by atoms with Gasteiger partial charge in [-0.05, 0) is 50.0 Å². The van der Waals surface area contributed by atoms with Gasteiger partial charge >= 0.3 is 0 Å². The van der Waals surface area contributed by atoms with Crippen LogP contribution >= 0.6 is 0 Å². The number of carbonyl (C=O) groups is 1. The summed E-state index contributed by atoms with van der Waals surface area (Å²) in [6, 6.07) is 7.51. The topological polar surface area (TPSA) is 61.6 Å². The fraction of sp³-hybridized carbons (Fsp3) is 0.524. The van der Waals surface area contributed by atoms with Gasteiger partial charge in [-0.1, -0.05) is 26.0 Å². The molecule has 3 rings (SSSR count). The molecule has 0 spiro atoms. The number of aromatic hydroxyl groups is 1. The molecule has 1 amide bonds. The zero-order chi connectivity index (χ0) is 19.4. The van der Waals surface area contributed by atoms with E-state index in [0.717, 1.165) is 37.2 Å². The second-order valence-corrected chi connectivity index (χ2v) is 7.29. The van der Waals surface area contributed by atoms with E-state index in [1.807, 2.05) is 37.2 Å². The van der Waals surface area contributed by atoms with E-state index in [1.165, 1.54) is 6.42 Å². The van der Waals surface area contributed by atoms with Crippen LogP contribution in [0, 0.1) is 0 Å². The highest BCUT2D eigenvalue weighted by molar-refractivity contribution is 5.95. The summed E-state index contributed by atoms with van der Waals surface area (Å²) in [5.41, 5.74) is 2.56. The van der Waals surface area contributed by atoms with Crippen molar-refractivity contribution < 1.29 is 9.90 Å². The zero-order valence-corrected chi connectivity index (χ0v) is 16.6. The van der Waals surface area contributed by atoms with Crippen molar-refractivity contribution in [2.24, 2.45) is 7.05 Å². The van der Waals surface area contributed by atoms with E-state index in [9.17, 15) is 9.90 Å². The average Bonchev–Trinajstić information content (AvgIpc) is 3.27. The summed E-state index contributed by atoms with van der Waals surface area (Å²) in [5.74, 6) is 0.279. The molecule has 1 fully saturated rings. The van der Waals surface area contributed by atoms with Crippen LogP contribution in [0.5, 0.6) is 5.75 Å². The fourth-order valence-corrected chi connectivity index (χ4v) is 3.96. The number of rotatable bonds is 7. The van der Waals surface area contributed by atoms with Crippen LogP contribution in [0.25, 0.3) is 0 Å². The molecule has 27 heavy (non-hydrogen) atoms. The van der Waals surface area contributed by atoms with Gasteiger partial charge in [0.1, 0.15) is 5.75 Å². The first kappa shape index (κ1) is 19.4. The Hall–Kier alpha value is -2.34. The molecule has 1 atom stereocenters. The maximum atomic E-state index is 13.4. The van der Waals surface area contributed by atoms with Gasteiger partial charge in [0.25, 0.3) is 5.91 Å². The Balaban J connectivity index is 1.85. The number of nitrogens with zero attached hydrogens (tertiary/aromatic N) is 4. The van der Waals surface area contributed by atoms with E-state index < -0.39 is 0 Å². The van der Waals surface area contributed by atoms with Crippen LogP contribution in [-0.2, 0) is 20.0 Å². The number of aryl methyl sites for hydroxylation is 2.